The molecule has 0 unspecified atom stereocenters. The van der Waals surface area contributed by atoms with E-state index in [4.69, 9.17) is 17.0 Å². The van der Waals surface area contributed by atoms with Crippen molar-refractivity contribution in [2.24, 2.45) is 0 Å². The van der Waals surface area contributed by atoms with Crippen LogP contribution in [0.3, 0.4) is 0 Å². The standard InChI is InChI=1S/C24H21N3O3S/c1-30-21-13-6-5-8-17(21)14-15-22(28)27-24(31)26-20-12-7-11-19(16-20)25-23(29)18-9-3-2-4-10-18/h2-16H,1H3,(H,25,29)(H2,26,27,28,31)/b15-14+. The van der Waals surface area contributed by atoms with Crippen LogP contribution in [0.15, 0.2) is 84.9 Å². The number of carbonyl (C=O) groups is 2. The lowest BCUT2D eigenvalue weighted by molar-refractivity contribution is -0.115. The quantitative estimate of drug-likeness (QED) is 0.396. The van der Waals surface area contributed by atoms with Crippen LogP contribution in [0.4, 0.5) is 11.4 Å². The van der Waals surface area contributed by atoms with Gasteiger partial charge in [0.2, 0.25) is 5.91 Å². The zero-order chi connectivity index (χ0) is 22.1. The Balaban J connectivity index is 1.56. The molecule has 31 heavy (non-hydrogen) atoms. The summed E-state index contributed by atoms with van der Waals surface area (Å²) in [6, 6.07) is 23.3. The van der Waals surface area contributed by atoms with Crippen molar-refractivity contribution < 1.29 is 14.3 Å². The lowest BCUT2D eigenvalue weighted by Crippen LogP contribution is -2.32. The number of thiocarbonyl (C=S) groups is 1. The largest absolute Gasteiger partial charge is 0.496 e. The highest BCUT2D eigenvalue weighted by molar-refractivity contribution is 7.80. The van der Waals surface area contributed by atoms with Crippen molar-refractivity contribution in [1.29, 1.82) is 0 Å². The van der Waals surface area contributed by atoms with Crippen LogP contribution in [0.2, 0.25) is 0 Å². The number of rotatable bonds is 6. The van der Waals surface area contributed by atoms with Gasteiger partial charge in [-0.15, -0.1) is 0 Å². The van der Waals surface area contributed by atoms with Crippen molar-refractivity contribution in [3.05, 3.63) is 96.1 Å². The second-order valence-corrected chi connectivity index (χ2v) is 6.83. The first-order chi connectivity index (χ1) is 15.0. The highest BCUT2D eigenvalue weighted by atomic mass is 32.1. The van der Waals surface area contributed by atoms with Crippen LogP contribution >= 0.6 is 12.2 Å². The molecule has 3 aromatic carbocycles. The van der Waals surface area contributed by atoms with E-state index in [0.717, 1.165) is 5.56 Å². The predicted molar refractivity (Wildman–Crippen MR) is 127 cm³/mol. The molecule has 3 N–H and O–H groups in total. The average Bonchev–Trinajstić information content (AvgIpc) is 2.78. The lowest BCUT2D eigenvalue weighted by atomic mass is 10.2. The van der Waals surface area contributed by atoms with Crippen LogP contribution in [0, 0.1) is 0 Å². The first-order valence-electron chi connectivity index (χ1n) is 9.44. The summed E-state index contributed by atoms with van der Waals surface area (Å²) >= 11 is 5.21. The SMILES string of the molecule is COc1ccccc1/C=C/C(=O)NC(=S)Nc1cccc(NC(=O)c2ccccc2)c1. The zero-order valence-electron chi connectivity index (χ0n) is 16.8. The fourth-order valence-electron chi connectivity index (χ4n) is 2.75. The normalized spacial score (nSPS) is 10.4. The molecule has 6 nitrogen and oxygen atoms in total. The number of benzene rings is 3. The smallest absolute Gasteiger partial charge is 0.255 e. The number of ether oxygens (including phenoxy) is 1. The maximum atomic E-state index is 12.3. The van der Waals surface area contributed by atoms with Crippen molar-refractivity contribution in [1.82, 2.24) is 5.32 Å². The molecule has 2 amide bonds. The van der Waals surface area contributed by atoms with Crippen molar-refractivity contribution in [3.63, 3.8) is 0 Å². The maximum Gasteiger partial charge on any atom is 0.255 e. The number of carbonyl (C=O) groups excluding carboxylic acids is 2. The number of amides is 2. The van der Waals surface area contributed by atoms with E-state index in [-0.39, 0.29) is 16.9 Å². The molecule has 3 rings (SSSR count). The minimum absolute atomic E-state index is 0.140. The Morgan fingerprint density at radius 3 is 2.29 bits per heavy atom. The molecular weight excluding hydrogens is 410 g/mol. The van der Waals surface area contributed by atoms with Gasteiger partial charge in [0.15, 0.2) is 5.11 Å². The number of para-hydroxylation sites is 1. The number of nitrogens with one attached hydrogen (secondary N) is 3. The molecule has 156 valence electrons. The monoisotopic (exact) mass is 431 g/mol. The van der Waals surface area contributed by atoms with Gasteiger partial charge in [0.25, 0.3) is 5.91 Å². The molecule has 0 saturated carbocycles. The predicted octanol–water partition coefficient (Wildman–Crippen LogP) is 4.47. The van der Waals surface area contributed by atoms with E-state index >= 15 is 0 Å². The van der Waals surface area contributed by atoms with Crippen LogP contribution in [0.25, 0.3) is 6.08 Å². The van der Waals surface area contributed by atoms with Crippen LogP contribution in [-0.2, 0) is 4.79 Å². The second-order valence-electron chi connectivity index (χ2n) is 6.42. The van der Waals surface area contributed by atoms with Gasteiger partial charge in [0.05, 0.1) is 7.11 Å². The Morgan fingerprint density at radius 2 is 1.55 bits per heavy atom. The summed E-state index contributed by atoms with van der Waals surface area (Å²) in [5.41, 5.74) is 2.57. The molecule has 0 heterocycles. The first kappa shape index (κ1) is 21.7. The molecule has 0 radical (unpaired) electrons. The molecule has 0 saturated heterocycles. The van der Waals surface area contributed by atoms with E-state index in [2.05, 4.69) is 16.0 Å². The molecule has 0 fully saturated rings. The Labute approximate surface area is 185 Å². The van der Waals surface area contributed by atoms with E-state index in [1.807, 2.05) is 30.3 Å². The van der Waals surface area contributed by atoms with Gasteiger partial charge >= 0.3 is 0 Å². The average molecular weight is 432 g/mol. The summed E-state index contributed by atoms with van der Waals surface area (Å²) in [7, 11) is 1.57. The highest BCUT2D eigenvalue weighted by Gasteiger charge is 2.07. The maximum absolute atomic E-state index is 12.3. The van der Waals surface area contributed by atoms with Crippen LogP contribution in [0.1, 0.15) is 15.9 Å². The first-order valence-corrected chi connectivity index (χ1v) is 9.85. The van der Waals surface area contributed by atoms with E-state index in [1.54, 1.807) is 61.7 Å². The number of methoxy groups -OCH3 is 1. The fraction of sp³-hybridized carbons (Fsp3) is 0.0417. The van der Waals surface area contributed by atoms with E-state index in [0.29, 0.717) is 22.7 Å². The van der Waals surface area contributed by atoms with Gasteiger partial charge in [-0.1, -0.05) is 42.5 Å². The molecule has 0 aliphatic heterocycles. The molecule has 0 spiro atoms. The summed E-state index contributed by atoms with van der Waals surface area (Å²) in [5, 5.41) is 8.49. The van der Waals surface area contributed by atoms with Gasteiger partial charge in [0.1, 0.15) is 5.75 Å². The van der Waals surface area contributed by atoms with Crippen molar-refractivity contribution in [3.8, 4) is 5.75 Å². The lowest BCUT2D eigenvalue weighted by Gasteiger charge is -2.11. The van der Waals surface area contributed by atoms with Crippen LogP contribution < -0.4 is 20.7 Å². The van der Waals surface area contributed by atoms with Crippen LogP contribution in [0.5, 0.6) is 5.75 Å². The Morgan fingerprint density at radius 1 is 0.871 bits per heavy atom. The molecule has 0 aliphatic rings. The van der Waals surface area contributed by atoms with Gasteiger partial charge < -0.3 is 15.4 Å². The summed E-state index contributed by atoms with van der Waals surface area (Å²) in [6.07, 6.45) is 3.03. The molecule has 0 bridgehead atoms. The molecule has 7 heteroatoms. The van der Waals surface area contributed by atoms with Crippen molar-refractivity contribution in [2.45, 2.75) is 0 Å². The molecular formula is C24H21N3O3S. The van der Waals surface area contributed by atoms with Gasteiger partial charge in [-0.3, -0.25) is 14.9 Å². The Hall–Kier alpha value is -3.97. The Bertz CT molecular complexity index is 1110. The number of hydrogen-bond donors (Lipinski definition) is 3. The van der Waals surface area contributed by atoms with Gasteiger partial charge in [-0.25, -0.2) is 0 Å². The van der Waals surface area contributed by atoms with Gasteiger partial charge in [0, 0.05) is 28.6 Å². The molecule has 3 aromatic rings. The summed E-state index contributed by atoms with van der Waals surface area (Å²) in [5.74, 6) is 0.0775. The third-order valence-electron chi connectivity index (χ3n) is 4.20. The Kier molecular flexibility index (Phi) is 7.50. The number of hydrogen-bond acceptors (Lipinski definition) is 4. The van der Waals surface area contributed by atoms with Gasteiger partial charge in [-0.2, -0.15) is 0 Å². The highest BCUT2D eigenvalue weighted by Crippen LogP contribution is 2.19. The number of anilines is 2. The topological polar surface area (TPSA) is 79.5 Å². The van der Waals surface area contributed by atoms with Crippen molar-refractivity contribution >= 4 is 46.6 Å². The van der Waals surface area contributed by atoms with E-state index in [1.165, 1.54) is 6.08 Å². The van der Waals surface area contributed by atoms with Gasteiger partial charge in [-0.05, 0) is 54.7 Å². The minimum atomic E-state index is -0.378. The minimum Gasteiger partial charge on any atom is -0.496 e. The zero-order valence-corrected chi connectivity index (χ0v) is 17.6. The van der Waals surface area contributed by atoms with E-state index in [9.17, 15) is 9.59 Å². The second kappa shape index (κ2) is 10.7. The molecule has 0 aromatic heterocycles. The summed E-state index contributed by atoms with van der Waals surface area (Å²) < 4.78 is 5.25. The van der Waals surface area contributed by atoms with Crippen molar-refractivity contribution in [2.75, 3.05) is 17.7 Å². The molecule has 0 aliphatic carbocycles. The summed E-state index contributed by atoms with van der Waals surface area (Å²) in [6.45, 7) is 0. The van der Waals surface area contributed by atoms with Crippen LogP contribution in [-0.4, -0.2) is 24.0 Å². The third kappa shape index (κ3) is 6.52. The third-order valence-corrected chi connectivity index (χ3v) is 4.41. The molecule has 0 atom stereocenters. The van der Waals surface area contributed by atoms with E-state index < -0.39 is 0 Å². The summed E-state index contributed by atoms with van der Waals surface area (Å²) in [4.78, 5) is 24.5. The fourth-order valence-corrected chi connectivity index (χ4v) is 2.97.